The minimum atomic E-state index is -0.206. The molecule has 2 atom stereocenters. The van der Waals surface area contributed by atoms with Gasteiger partial charge in [0.25, 0.3) is 0 Å². The molecule has 0 saturated heterocycles. The number of oxime groups is 1. The largest absolute Gasteiger partial charge is 0.409 e. The summed E-state index contributed by atoms with van der Waals surface area (Å²) >= 11 is 0. The first kappa shape index (κ1) is 17.3. The lowest BCUT2D eigenvalue weighted by Crippen LogP contribution is -2.37. The lowest BCUT2D eigenvalue weighted by Gasteiger charge is -2.32. The third-order valence-corrected chi connectivity index (χ3v) is 4.64. The standard InChI is InChI=1S/C16H33N3O/c1-12-9-13(2)11-14(10-12)18-8-6-5-7-16(3,4)15(17)19-20/h12-14,18,20H,5-11H2,1-4H3,(H2,17,19). The second-order valence-corrected chi connectivity index (χ2v) is 7.39. The van der Waals surface area contributed by atoms with Crippen LogP contribution in [0.25, 0.3) is 0 Å². The lowest BCUT2D eigenvalue weighted by atomic mass is 9.80. The molecule has 4 N–H and O–H groups in total. The highest BCUT2D eigenvalue weighted by Crippen LogP contribution is 2.28. The maximum Gasteiger partial charge on any atom is 0.144 e. The molecule has 0 aliphatic heterocycles. The highest BCUT2D eigenvalue weighted by atomic mass is 16.4. The number of rotatable bonds is 7. The highest BCUT2D eigenvalue weighted by Gasteiger charge is 2.24. The van der Waals surface area contributed by atoms with E-state index in [0.29, 0.717) is 11.9 Å². The van der Waals surface area contributed by atoms with Crippen molar-refractivity contribution in [3.05, 3.63) is 0 Å². The molecule has 0 spiro atoms. The van der Waals surface area contributed by atoms with E-state index >= 15 is 0 Å². The van der Waals surface area contributed by atoms with E-state index in [1.165, 1.54) is 19.3 Å². The molecule has 0 aromatic carbocycles. The molecule has 0 bridgehead atoms. The summed E-state index contributed by atoms with van der Waals surface area (Å²) in [5.41, 5.74) is 5.49. The topological polar surface area (TPSA) is 70.6 Å². The van der Waals surface area contributed by atoms with Crippen LogP contribution < -0.4 is 11.1 Å². The zero-order chi connectivity index (χ0) is 15.2. The van der Waals surface area contributed by atoms with Crippen LogP contribution in [-0.2, 0) is 0 Å². The Balaban J connectivity index is 2.16. The van der Waals surface area contributed by atoms with Gasteiger partial charge in [-0.15, -0.1) is 0 Å². The fourth-order valence-corrected chi connectivity index (χ4v) is 3.38. The Morgan fingerprint density at radius 2 is 1.80 bits per heavy atom. The van der Waals surface area contributed by atoms with Gasteiger partial charge in [0, 0.05) is 11.5 Å². The highest BCUT2D eigenvalue weighted by molar-refractivity contribution is 5.85. The van der Waals surface area contributed by atoms with Gasteiger partial charge in [-0.3, -0.25) is 0 Å². The Bertz CT molecular complexity index is 305. The number of nitrogens with one attached hydrogen (secondary N) is 1. The van der Waals surface area contributed by atoms with Gasteiger partial charge < -0.3 is 16.3 Å². The van der Waals surface area contributed by atoms with E-state index in [4.69, 9.17) is 10.9 Å². The van der Waals surface area contributed by atoms with E-state index < -0.39 is 0 Å². The van der Waals surface area contributed by atoms with Crippen molar-refractivity contribution in [1.29, 1.82) is 0 Å². The second kappa shape index (κ2) is 7.87. The number of nitrogens with two attached hydrogens (primary N) is 1. The third kappa shape index (κ3) is 5.70. The summed E-state index contributed by atoms with van der Waals surface area (Å²) in [6.45, 7) is 9.87. The van der Waals surface area contributed by atoms with Crippen molar-refractivity contribution >= 4 is 5.84 Å². The molecule has 4 heteroatoms. The maximum absolute atomic E-state index is 8.74. The molecule has 0 heterocycles. The normalized spacial score (nSPS) is 28.6. The molecular formula is C16H33N3O. The average Bonchev–Trinajstić information content (AvgIpc) is 2.36. The fourth-order valence-electron chi connectivity index (χ4n) is 3.38. The van der Waals surface area contributed by atoms with Crippen LogP contribution in [0.2, 0.25) is 0 Å². The molecule has 2 unspecified atom stereocenters. The van der Waals surface area contributed by atoms with Gasteiger partial charge in [0.2, 0.25) is 0 Å². The van der Waals surface area contributed by atoms with Crippen molar-refractivity contribution in [2.45, 2.75) is 72.3 Å². The smallest absolute Gasteiger partial charge is 0.144 e. The van der Waals surface area contributed by atoms with Crippen molar-refractivity contribution in [3.63, 3.8) is 0 Å². The van der Waals surface area contributed by atoms with Crippen molar-refractivity contribution in [2.75, 3.05) is 6.54 Å². The number of amidine groups is 1. The average molecular weight is 283 g/mol. The summed E-state index contributed by atoms with van der Waals surface area (Å²) < 4.78 is 0. The molecule has 0 amide bonds. The summed E-state index contributed by atoms with van der Waals surface area (Å²) in [5.74, 6) is 2.05. The van der Waals surface area contributed by atoms with E-state index in [9.17, 15) is 0 Å². The Morgan fingerprint density at radius 1 is 1.20 bits per heavy atom. The van der Waals surface area contributed by atoms with Gasteiger partial charge in [-0.05, 0) is 50.5 Å². The molecule has 0 aromatic heterocycles. The molecule has 0 radical (unpaired) electrons. The van der Waals surface area contributed by atoms with Crippen LogP contribution in [0.15, 0.2) is 5.16 Å². The Hall–Kier alpha value is -0.770. The van der Waals surface area contributed by atoms with Gasteiger partial charge in [-0.2, -0.15) is 0 Å². The summed E-state index contributed by atoms with van der Waals surface area (Å²) in [6, 6.07) is 0.700. The molecule has 118 valence electrons. The first-order valence-electron chi connectivity index (χ1n) is 8.06. The molecule has 4 nitrogen and oxygen atoms in total. The fraction of sp³-hybridized carbons (Fsp3) is 0.938. The van der Waals surface area contributed by atoms with E-state index in [0.717, 1.165) is 37.6 Å². The van der Waals surface area contributed by atoms with Gasteiger partial charge in [-0.25, -0.2) is 0 Å². The first-order chi connectivity index (χ1) is 9.35. The van der Waals surface area contributed by atoms with Crippen LogP contribution in [0.1, 0.15) is 66.2 Å². The number of hydrogen-bond acceptors (Lipinski definition) is 3. The van der Waals surface area contributed by atoms with Crippen LogP contribution in [0.3, 0.4) is 0 Å². The van der Waals surface area contributed by atoms with Crippen molar-refractivity contribution in [2.24, 2.45) is 28.1 Å². The zero-order valence-corrected chi connectivity index (χ0v) is 13.7. The minimum absolute atomic E-state index is 0.206. The van der Waals surface area contributed by atoms with Gasteiger partial charge >= 0.3 is 0 Å². The number of hydrogen-bond donors (Lipinski definition) is 3. The van der Waals surface area contributed by atoms with E-state index in [2.05, 4.69) is 24.3 Å². The van der Waals surface area contributed by atoms with Crippen LogP contribution in [-0.4, -0.2) is 23.6 Å². The third-order valence-electron chi connectivity index (χ3n) is 4.64. The predicted octanol–water partition coefficient (Wildman–Crippen LogP) is 3.34. The number of nitrogens with zero attached hydrogens (tertiary/aromatic N) is 1. The molecular weight excluding hydrogens is 250 g/mol. The summed E-state index contributed by atoms with van der Waals surface area (Å²) in [7, 11) is 0. The minimum Gasteiger partial charge on any atom is -0.409 e. The van der Waals surface area contributed by atoms with E-state index in [1.807, 2.05) is 13.8 Å². The van der Waals surface area contributed by atoms with Crippen LogP contribution in [0.4, 0.5) is 0 Å². The Kier molecular flexibility index (Phi) is 6.80. The quantitative estimate of drug-likeness (QED) is 0.221. The maximum atomic E-state index is 8.74. The van der Waals surface area contributed by atoms with Gasteiger partial charge in [-0.1, -0.05) is 39.3 Å². The molecule has 20 heavy (non-hydrogen) atoms. The zero-order valence-electron chi connectivity index (χ0n) is 13.7. The van der Waals surface area contributed by atoms with Crippen molar-refractivity contribution < 1.29 is 5.21 Å². The van der Waals surface area contributed by atoms with Gasteiger partial charge in [0.05, 0.1) is 0 Å². The molecule has 1 saturated carbocycles. The molecule has 1 aliphatic carbocycles. The van der Waals surface area contributed by atoms with Crippen LogP contribution in [0.5, 0.6) is 0 Å². The second-order valence-electron chi connectivity index (χ2n) is 7.39. The van der Waals surface area contributed by atoms with Crippen molar-refractivity contribution in [1.82, 2.24) is 5.32 Å². The molecule has 1 aliphatic rings. The van der Waals surface area contributed by atoms with E-state index in [1.54, 1.807) is 0 Å². The molecule has 1 fully saturated rings. The number of unbranched alkanes of at least 4 members (excludes halogenated alkanes) is 1. The summed E-state index contributed by atoms with van der Waals surface area (Å²) in [6.07, 6.45) is 7.24. The summed E-state index contributed by atoms with van der Waals surface area (Å²) in [4.78, 5) is 0. The Morgan fingerprint density at radius 3 is 2.35 bits per heavy atom. The monoisotopic (exact) mass is 283 g/mol. The van der Waals surface area contributed by atoms with Gasteiger partial charge in [0.15, 0.2) is 0 Å². The van der Waals surface area contributed by atoms with Crippen LogP contribution in [0, 0.1) is 17.3 Å². The SMILES string of the molecule is CC1CC(C)CC(NCCCCC(C)(C)C(N)=NO)C1. The molecule has 1 rings (SSSR count). The van der Waals surface area contributed by atoms with Gasteiger partial charge in [0.1, 0.15) is 5.84 Å². The predicted molar refractivity (Wildman–Crippen MR) is 85.0 cm³/mol. The van der Waals surface area contributed by atoms with E-state index in [-0.39, 0.29) is 5.41 Å². The summed E-state index contributed by atoms with van der Waals surface area (Å²) in [5, 5.41) is 15.6. The van der Waals surface area contributed by atoms with Crippen molar-refractivity contribution in [3.8, 4) is 0 Å². The first-order valence-corrected chi connectivity index (χ1v) is 8.06. The molecule has 0 aromatic rings. The van der Waals surface area contributed by atoms with Crippen LogP contribution >= 0.6 is 0 Å². The Labute approximate surface area is 124 Å². The lowest BCUT2D eigenvalue weighted by molar-refractivity contribution is 0.238.